The number of alkyl carbamates (subject to hydrolysis) is 1. The van der Waals surface area contributed by atoms with Crippen molar-refractivity contribution in [1.29, 1.82) is 0 Å². The van der Waals surface area contributed by atoms with E-state index in [9.17, 15) is 19.5 Å². The number of β-lactam (4-membered cyclic amide) rings is 1. The first-order valence-electron chi connectivity index (χ1n) is 8.15. The van der Waals surface area contributed by atoms with Gasteiger partial charge in [0.1, 0.15) is 11.4 Å². The number of nitrogens with zero attached hydrogens (tertiary/aromatic N) is 1. The zero-order valence-electron chi connectivity index (χ0n) is 13.6. The second kappa shape index (κ2) is 7.35. The van der Waals surface area contributed by atoms with Crippen molar-refractivity contribution in [2.24, 2.45) is 0 Å². The highest BCUT2D eigenvalue weighted by atomic mass is 32.2. The average Bonchev–Trinajstić information content (AvgIpc) is 2.92. The van der Waals surface area contributed by atoms with Gasteiger partial charge in [0.15, 0.2) is 0 Å². The summed E-state index contributed by atoms with van der Waals surface area (Å²) in [6.45, 7) is 0.775. The normalized spacial score (nSPS) is 24.4. The van der Waals surface area contributed by atoms with E-state index >= 15 is 0 Å². The van der Waals surface area contributed by atoms with E-state index in [0.29, 0.717) is 25.8 Å². The summed E-state index contributed by atoms with van der Waals surface area (Å²) in [6.07, 6.45) is 0.802. The lowest BCUT2D eigenvalue weighted by Gasteiger charge is -2.32. The summed E-state index contributed by atoms with van der Waals surface area (Å²) in [6, 6.07) is 9.36. The summed E-state index contributed by atoms with van der Waals surface area (Å²) >= 11 is 1.35. The molecule has 3 rings (SSSR count). The number of nitrogens with one attached hydrogen (secondary N) is 1. The Hall–Kier alpha value is -2.22. The SMILES string of the molecule is O=C(NCCCC1(C(=O)O)CN2C(=O)C[C@H]2S1)OCc1ccccc1. The monoisotopic (exact) mass is 364 g/mol. The molecule has 8 heteroatoms. The van der Waals surface area contributed by atoms with E-state index in [0.717, 1.165) is 5.56 Å². The standard InChI is InChI=1S/C17H20N2O5S/c20-13-9-14-19(13)11-17(25-14,15(21)22)7-4-8-18-16(23)24-10-12-5-2-1-3-6-12/h1-3,5-6,14H,4,7-11H2,(H,18,23)(H,21,22)/t14-,17?/m1/s1. The first-order valence-corrected chi connectivity index (χ1v) is 9.03. The van der Waals surface area contributed by atoms with Gasteiger partial charge in [0.25, 0.3) is 0 Å². The zero-order chi connectivity index (χ0) is 17.9. The Bertz CT molecular complexity index is 668. The van der Waals surface area contributed by atoms with E-state index in [1.54, 1.807) is 4.90 Å². The van der Waals surface area contributed by atoms with Gasteiger partial charge in [-0.2, -0.15) is 0 Å². The summed E-state index contributed by atoms with van der Waals surface area (Å²) in [7, 11) is 0. The number of thioether (sulfide) groups is 1. The predicted octanol–water partition coefficient (Wildman–Crippen LogP) is 1.82. The largest absolute Gasteiger partial charge is 0.480 e. The van der Waals surface area contributed by atoms with Crippen molar-refractivity contribution in [2.45, 2.75) is 36.0 Å². The van der Waals surface area contributed by atoms with Crippen LogP contribution in [0.4, 0.5) is 4.79 Å². The molecular formula is C17H20N2O5S. The number of hydrogen-bond acceptors (Lipinski definition) is 5. The average molecular weight is 364 g/mol. The van der Waals surface area contributed by atoms with Crippen molar-refractivity contribution in [1.82, 2.24) is 10.2 Å². The van der Waals surface area contributed by atoms with E-state index in [-0.39, 0.29) is 24.4 Å². The quantitative estimate of drug-likeness (QED) is 0.566. The number of carbonyl (C=O) groups excluding carboxylic acids is 2. The minimum absolute atomic E-state index is 0.00704. The highest BCUT2D eigenvalue weighted by molar-refractivity contribution is 8.02. The maximum Gasteiger partial charge on any atom is 0.407 e. The van der Waals surface area contributed by atoms with E-state index in [1.165, 1.54) is 11.8 Å². The summed E-state index contributed by atoms with van der Waals surface area (Å²) in [5, 5.41) is 12.2. The number of rotatable bonds is 7. The van der Waals surface area contributed by atoms with E-state index in [4.69, 9.17) is 4.74 Å². The van der Waals surface area contributed by atoms with Crippen molar-refractivity contribution in [3.63, 3.8) is 0 Å². The molecule has 0 bridgehead atoms. The first kappa shape index (κ1) is 17.6. The van der Waals surface area contributed by atoms with Gasteiger partial charge < -0.3 is 20.1 Å². The van der Waals surface area contributed by atoms with Crippen molar-refractivity contribution in [2.75, 3.05) is 13.1 Å². The zero-order valence-corrected chi connectivity index (χ0v) is 14.5. The smallest absolute Gasteiger partial charge is 0.407 e. The lowest BCUT2D eigenvalue weighted by molar-refractivity contribution is -0.144. The van der Waals surface area contributed by atoms with Gasteiger partial charge >= 0.3 is 12.1 Å². The molecule has 2 fully saturated rings. The van der Waals surface area contributed by atoms with Gasteiger partial charge in [-0.25, -0.2) is 4.79 Å². The van der Waals surface area contributed by atoms with Gasteiger partial charge in [-0.15, -0.1) is 11.8 Å². The van der Waals surface area contributed by atoms with E-state index < -0.39 is 16.8 Å². The number of carboxylic acid groups (broad SMARTS) is 1. The van der Waals surface area contributed by atoms with Crippen molar-refractivity contribution >= 4 is 29.7 Å². The van der Waals surface area contributed by atoms with Crippen molar-refractivity contribution in [3.05, 3.63) is 35.9 Å². The summed E-state index contributed by atoms with van der Waals surface area (Å²) in [5.41, 5.74) is 0.902. The lowest BCUT2D eigenvalue weighted by atomic mass is 10.00. The van der Waals surface area contributed by atoms with Crippen LogP contribution < -0.4 is 5.32 Å². The summed E-state index contributed by atoms with van der Waals surface area (Å²) in [4.78, 5) is 36.4. The third-order valence-corrected chi connectivity index (χ3v) is 6.09. The summed E-state index contributed by atoms with van der Waals surface area (Å²) in [5.74, 6) is -0.880. The molecule has 1 aromatic rings. The third kappa shape index (κ3) is 3.89. The molecule has 7 nitrogen and oxygen atoms in total. The van der Waals surface area contributed by atoms with Crippen molar-refractivity contribution in [3.8, 4) is 0 Å². The fraction of sp³-hybridized carbons (Fsp3) is 0.471. The number of fused-ring (bicyclic) bond motifs is 1. The van der Waals surface area contributed by atoms with Crippen LogP contribution in [0.25, 0.3) is 0 Å². The molecule has 25 heavy (non-hydrogen) atoms. The Balaban J connectivity index is 1.39. The molecule has 2 N–H and O–H groups in total. The number of carboxylic acids is 1. The molecule has 2 saturated heterocycles. The van der Waals surface area contributed by atoms with Crippen molar-refractivity contribution < 1.29 is 24.2 Å². The first-order chi connectivity index (χ1) is 12.0. The Morgan fingerprint density at radius 1 is 1.36 bits per heavy atom. The molecule has 1 aromatic carbocycles. The van der Waals surface area contributed by atoms with Crippen LogP contribution in [0.2, 0.25) is 0 Å². The number of aliphatic carboxylic acids is 1. The fourth-order valence-corrected chi connectivity index (χ4v) is 4.64. The Morgan fingerprint density at radius 2 is 2.12 bits per heavy atom. The fourth-order valence-electron chi connectivity index (χ4n) is 2.99. The number of carbonyl (C=O) groups is 3. The van der Waals surface area contributed by atoms with Crippen LogP contribution in [0.5, 0.6) is 0 Å². The molecule has 0 saturated carbocycles. The van der Waals surface area contributed by atoms with Gasteiger partial charge in [0.2, 0.25) is 5.91 Å². The van der Waals surface area contributed by atoms with Gasteiger partial charge in [-0.05, 0) is 18.4 Å². The lowest BCUT2D eigenvalue weighted by Crippen LogP contribution is -2.49. The predicted molar refractivity (Wildman–Crippen MR) is 91.9 cm³/mol. The maximum absolute atomic E-state index is 11.7. The highest BCUT2D eigenvalue weighted by Crippen LogP contribution is 2.48. The van der Waals surface area contributed by atoms with Crippen LogP contribution in [0.1, 0.15) is 24.8 Å². The molecule has 2 atom stereocenters. The number of amides is 2. The molecule has 2 aliphatic heterocycles. The second-order valence-electron chi connectivity index (χ2n) is 6.19. The molecule has 0 aliphatic carbocycles. The molecule has 0 aromatic heterocycles. The van der Waals surface area contributed by atoms with Gasteiger partial charge in [-0.1, -0.05) is 30.3 Å². The minimum atomic E-state index is -0.966. The topological polar surface area (TPSA) is 95.9 Å². The number of hydrogen-bond donors (Lipinski definition) is 2. The number of benzene rings is 1. The maximum atomic E-state index is 11.7. The minimum Gasteiger partial charge on any atom is -0.480 e. The molecule has 2 heterocycles. The molecule has 1 unspecified atom stereocenters. The number of ether oxygens (including phenoxy) is 1. The molecule has 0 spiro atoms. The van der Waals surface area contributed by atoms with Gasteiger partial charge in [-0.3, -0.25) is 9.59 Å². The molecule has 2 amide bonds. The van der Waals surface area contributed by atoms with Gasteiger partial charge in [0, 0.05) is 13.1 Å². The van der Waals surface area contributed by atoms with Crippen LogP contribution >= 0.6 is 11.8 Å². The van der Waals surface area contributed by atoms with Crippen LogP contribution in [-0.2, 0) is 20.9 Å². The Kier molecular flexibility index (Phi) is 5.17. The van der Waals surface area contributed by atoms with Crippen LogP contribution in [0.15, 0.2) is 30.3 Å². The Morgan fingerprint density at radius 3 is 2.76 bits per heavy atom. The molecule has 2 aliphatic rings. The van der Waals surface area contributed by atoms with Crippen LogP contribution in [0, 0.1) is 0 Å². The second-order valence-corrected chi connectivity index (χ2v) is 7.75. The Labute approximate surface area is 149 Å². The van der Waals surface area contributed by atoms with E-state index in [2.05, 4.69) is 5.32 Å². The van der Waals surface area contributed by atoms with Crippen LogP contribution in [-0.4, -0.2) is 51.2 Å². The van der Waals surface area contributed by atoms with Gasteiger partial charge in [0.05, 0.1) is 11.8 Å². The van der Waals surface area contributed by atoms with E-state index in [1.807, 2.05) is 30.3 Å². The van der Waals surface area contributed by atoms with Crippen LogP contribution in [0.3, 0.4) is 0 Å². The third-order valence-electron chi connectivity index (χ3n) is 4.43. The molecular weight excluding hydrogens is 344 g/mol. The molecule has 0 radical (unpaired) electrons. The molecule has 134 valence electrons. The summed E-state index contributed by atoms with van der Waals surface area (Å²) < 4.78 is 4.14. The highest BCUT2D eigenvalue weighted by Gasteiger charge is 2.56.